The van der Waals surface area contributed by atoms with Gasteiger partial charge in [0, 0.05) is 51.7 Å². The molecule has 4 heterocycles. The number of halogens is 6. The van der Waals surface area contributed by atoms with E-state index in [1.807, 2.05) is 172 Å². The third kappa shape index (κ3) is 34.4. The Bertz CT molecular complexity index is 6970. The molecule has 4 unspecified atom stereocenters. The molecule has 16 N–H and O–H groups in total. The second-order valence-electron chi connectivity index (χ2n) is 36.0. The van der Waals surface area contributed by atoms with E-state index in [9.17, 15) is 61.6 Å². The van der Waals surface area contributed by atoms with Gasteiger partial charge in [0.2, 0.25) is 0 Å². The van der Waals surface area contributed by atoms with Gasteiger partial charge in [-0.25, -0.2) is 50.7 Å². The maximum Gasteiger partial charge on any atom is 0.407 e. The van der Waals surface area contributed by atoms with E-state index in [1.54, 1.807) is 175 Å². The van der Waals surface area contributed by atoms with E-state index in [0.717, 1.165) is 68.6 Å². The van der Waals surface area contributed by atoms with E-state index in [2.05, 4.69) is 60.8 Å². The number of aromatic carboxylic acids is 1. The number of aromatic nitrogens is 8. The van der Waals surface area contributed by atoms with Crippen molar-refractivity contribution in [2.24, 2.45) is 11.5 Å². The molecule has 0 aliphatic rings. The fourth-order valence-corrected chi connectivity index (χ4v) is 15.1. The smallest absolute Gasteiger partial charge is 0.407 e. The van der Waals surface area contributed by atoms with Crippen LogP contribution >= 0.6 is 24.8 Å². The van der Waals surface area contributed by atoms with Gasteiger partial charge in [-0.3, -0.25) is 14.4 Å². The predicted octanol–water partition coefficient (Wildman–Crippen LogP) is 21.9. The lowest BCUT2D eigenvalue weighted by Crippen LogP contribution is -2.32. The average molecular weight is 2090 g/mol. The standard InChI is InChI=1S/C30H31FN4O4.2C26H25FN4O.C17H21N3O4.C13H12FNO.C2H6O.CH4O.2ClH/c1-19-15-26(35(34-19)23-12-8-9-20(16-23)18-32-29(38)39-30(2,3)4)28(37)33-25-17-22(13-14-24(25)31)27(36)21-10-6-5-7-11-21;2*1-17-13-25(31(30-17)22-10-6-7-19(14-22)16-28)26(32)29-24-15-21(11-12-23(24)27)18(2)20-8-4-3-5-9-20;1-11-8-14(15(21)22)20(19-11)13-7-5-6-12(9-13)10-18-16(23)24-17(2,3)4;14-11-7-6-10(8-12(11)15)13(16)9-4-2-1-3-5-9;1-2-3;1-2;;/h5-17,27,36H,18H2,1-4H3,(H,32,38)(H,33,37);2*3-15,18H,16,28H2,1-2H3,(H,29,32);5-9H,10H2,1-4H3,(H,18,23)(H,21,22);1-8,13,16H,15H2;3H,2H2,1H3;2H,1H3;2*1H. The number of carboxylic acids is 1. The lowest BCUT2D eigenvalue weighted by molar-refractivity contribution is 0.0512. The van der Waals surface area contributed by atoms with Crippen LogP contribution in [0.25, 0.3) is 22.7 Å². The normalized spacial score (nSPS) is 11.5. The second-order valence-corrected chi connectivity index (χ2v) is 36.0. The van der Waals surface area contributed by atoms with Gasteiger partial charge in [-0.1, -0.05) is 208 Å². The van der Waals surface area contributed by atoms with Gasteiger partial charge in [0.15, 0.2) is 5.69 Å². The van der Waals surface area contributed by atoms with Gasteiger partial charge in [0.1, 0.15) is 63.8 Å². The molecule has 0 bridgehead atoms. The summed E-state index contributed by atoms with van der Waals surface area (Å²) in [6.07, 6.45) is -2.80. The van der Waals surface area contributed by atoms with Crippen LogP contribution in [0.4, 0.5) is 49.9 Å². The minimum Gasteiger partial charge on any atom is -0.477 e. The maximum atomic E-state index is 14.7. The van der Waals surface area contributed by atoms with E-state index >= 15 is 0 Å². The van der Waals surface area contributed by atoms with Crippen LogP contribution in [0.1, 0.15) is 218 Å². The number of ether oxygens (including phenoxy) is 2. The number of amides is 5. The Balaban J connectivity index is 0.000000230. The highest BCUT2D eigenvalue weighted by atomic mass is 35.5. The molecule has 16 rings (SSSR count). The number of carboxylic acid groups (broad SMARTS) is 1. The Labute approximate surface area is 881 Å². The van der Waals surface area contributed by atoms with Crippen molar-refractivity contribution in [2.45, 2.75) is 151 Å². The zero-order valence-corrected chi connectivity index (χ0v) is 87.1. The molecule has 0 radical (unpaired) electrons. The van der Waals surface area contributed by atoms with Crippen LogP contribution in [0.15, 0.2) is 315 Å². The van der Waals surface area contributed by atoms with Gasteiger partial charge in [-0.15, -0.1) is 24.8 Å². The molecular formula is C115H126Cl2F4N16O13. The summed E-state index contributed by atoms with van der Waals surface area (Å²) in [4.78, 5) is 74.6. The number of aliphatic hydroxyl groups excluding tert-OH is 4. The Morgan fingerprint density at radius 2 is 0.613 bits per heavy atom. The summed E-state index contributed by atoms with van der Waals surface area (Å²) in [7, 11) is 1.00. The van der Waals surface area contributed by atoms with Crippen molar-refractivity contribution < 1.29 is 81.3 Å². The van der Waals surface area contributed by atoms with Gasteiger partial charge in [-0.2, -0.15) is 20.4 Å². The van der Waals surface area contributed by atoms with Crippen LogP contribution in [0.2, 0.25) is 0 Å². The minimum absolute atomic E-state index is 0. The first-order valence-electron chi connectivity index (χ1n) is 47.4. The van der Waals surface area contributed by atoms with Crippen LogP contribution in [0.5, 0.6) is 0 Å². The number of anilines is 4. The number of nitrogen functional groups attached to an aromatic ring is 1. The summed E-state index contributed by atoms with van der Waals surface area (Å²) >= 11 is 0. The van der Waals surface area contributed by atoms with Crippen molar-refractivity contribution in [1.29, 1.82) is 0 Å². The van der Waals surface area contributed by atoms with Gasteiger partial charge >= 0.3 is 18.2 Å². The number of nitrogens with zero attached hydrogens (tertiary/aromatic N) is 8. The molecule has 29 nitrogen and oxygen atoms in total. The summed E-state index contributed by atoms with van der Waals surface area (Å²) in [5, 5.41) is 75.6. The molecule has 0 fully saturated rings. The second kappa shape index (κ2) is 56.6. The van der Waals surface area contributed by atoms with Crippen LogP contribution in [0, 0.1) is 51.0 Å². The SMILES string of the molecule is CCO.CO.Cc1cc(C(=O)Nc2cc(C(C)c3ccccc3)ccc2F)n(-c2cccc(CN)c2)n1.Cc1cc(C(=O)Nc2cc(C(C)c3ccccc3)ccc2F)n(-c2cccc(CN)c2)n1.Cc1cc(C(=O)Nc2cc(C(O)c3ccccc3)ccc2F)n(-c2cccc(CNC(=O)OC(C)(C)C)c2)n1.Cc1cc(C(=O)O)n(-c2cccc(CNC(=O)OC(C)(C)C)c2)n1.Cl.Cl.Nc1cc(C(O)c2ccccc2)ccc1F. The van der Waals surface area contributed by atoms with Gasteiger partial charge < -0.3 is 78.8 Å². The third-order valence-electron chi connectivity index (χ3n) is 22.2. The Kier molecular flexibility index (Phi) is 44.9. The number of hydrogen-bond acceptors (Lipinski definition) is 19. The average Bonchev–Trinajstić information content (AvgIpc) is 1.69. The third-order valence-corrected chi connectivity index (χ3v) is 22.2. The minimum atomic E-state index is -1.05. The monoisotopic (exact) mass is 2080 g/mol. The molecule has 12 aromatic carbocycles. The number of nitrogens with one attached hydrogen (secondary N) is 5. The van der Waals surface area contributed by atoms with Crippen molar-refractivity contribution in [3.05, 3.63) is 451 Å². The van der Waals surface area contributed by atoms with Crippen molar-refractivity contribution in [3.63, 3.8) is 0 Å². The molecule has 0 aliphatic heterocycles. The maximum absolute atomic E-state index is 14.7. The van der Waals surface area contributed by atoms with Gasteiger partial charge in [-0.05, 0) is 264 Å². The summed E-state index contributed by atoms with van der Waals surface area (Å²) in [5.41, 5.74) is 32.1. The number of aryl methyl sites for hydroxylation is 4. The fourth-order valence-electron chi connectivity index (χ4n) is 15.1. The molecule has 4 atom stereocenters. The quantitative estimate of drug-likeness (QED) is 0.0187. The topological polar surface area (TPSA) is 432 Å². The molecule has 4 aromatic heterocycles. The molecule has 0 saturated carbocycles. The summed E-state index contributed by atoms with van der Waals surface area (Å²) in [5.74, 6) is -4.47. The first-order chi connectivity index (χ1) is 70.7. The number of rotatable bonds is 25. The molecule has 0 saturated heterocycles. The first kappa shape index (κ1) is 119. The van der Waals surface area contributed by atoms with Crippen molar-refractivity contribution in [1.82, 2.24) is 49.8 Å². The zero-order chi connectivity index (χ0) is 108. The highest BCUT2D eigenvalue weighted by Crippen LogP contribution is 2.34. The van der Waals surface area contributed by atoms with Crippen LogP contribution in [0.3, 0.4) is 0 Å². The summed E-state index contributed by atoms with van der Waals surface area (Å²) in [6, 6.07) is 91.9. The van der Waals surface area contributed by atoms with Crippen molar-refractivity contribution in [3.8, 4) is 22.7 Å². The van der Waals surface area contributed by atoms with E-state index in [4.69, 9.17) is 36.9 Å². The molecule has 5 amide bonds. The number of carbonyl (C=O) groups excluding carboxylic acids is 5. The van der Waals surface area contributed by atoms with E-state index < -0.39 is 82.6 Å². The van der Waals surface area contributed by atoms with Gasteiger partial charge in [0.05, 0.1) is 68.3 Å². The van der Waals surface area contributed by atoms with Crippen LogP contribution in [-0.2, 0) is 35.7 Å². The van der Waals surface area contributed by atoms with Crippen LogP contribution < -0.4 is 43.8 Å². The molecule has 0 aliphatic carbocycles. The van der Waals surface area contributed by atoms with E-state index in [1.165, 1.54) is 64.0 Å². The number of aliphatic hydroxyl groups is 4. The zero-order valence-electron chi connectivity index (χ0n) is 85.5. The van der Waals surface area contributed by atoms with E-state index in [-0.39, 0.29) is 90.5 Å². The molecule has 786 valence electrons. The number of alkyl carbamates (subject to hydrolysis) is 2. The fraction of sp³-hybridized carbons (Fsp3) is 0.217. The molecular weight excluding hydrogens is 1960 g/mol. The predicted molar refractivity (Wildman–Crippen MR) is 580 cm³/mol. The first-order valence-corrected chi connectivity index (χ1v) is 47.4. The molecule has 0 spiro atoms. The summed E-state index contributed by atoms with van der Waals surface area (Å²) < 4.78 is 73.2. The lowest BCUT2D eigenvalue weighted by Gasteiger charge is -2.19. The Hall–Kier alpha value is -16.2. The number of nitrogens with two attached hydrogens (primary N) is 3. The largest absolute Gasteiger partial charge is 0.477 e. The Morgan fingerprint density at radius 3 is 0.907 bits per heavy atom. The number of hydrogen-bond donors (Lipinski definition) is 13. The van der Waals surface area contributed by atoms with Crippen molar-refractivity contribution in [2.75, 3.05) is 35.4 Å². The summed E-state index contributed by atoms with van der Waals surface area (Å²) in [6.45, 7) is 25.1. The number of benzene rings is 12. The number of carbonyl (C=O) groups is 6. The highest BCUT2D eigenvalue weighted by molar-refractivity contribution is 6.05. The molecule has 16 aromatic rings. The van der Waals surface area contributed by atoms with Crippen LogP contribution in [-0.4, -0.2) is 125 Å². The van der Waals surface area contributed by atoms with E-state index in [0.29, 0.717) is 75.3 Å². The lowest BCUT2D eigenvalue weighted by atomic mass is 9.93. The molecule has 35 heteroatoms. The van der Waals surface area contributed by atoms with Crippen molar-refractivity contribution >= 4 is 83.4 Å². The molecule has 150 heavy (non-hydrogen) atoms. The highest BCUT2D eigenvalue weighted by Gasteiger charge is 2.27. The van der Waals surface area contributed by atoms with Gasteiger partial charge in [0.25, 0.3) is 17.7 Å². The Morgan fingerprint density at radius 1 is 0.353 bits per heavy atom.